The minimum absolute atomic E-state index is 0.426. The average Bonchev–Trinajstić information content (AvgIpc) is 3.25. The van der Waals surface area contributed by atoms with Gasteiger partial charge in [-0.2, -0.15) is 5.10 Å². The van der Waals surface area contributed by atoms with Gasteiger partial charge in [0, 0.05) is 76.6 Å². The number of carbonyl (C=O) groups excluding carboxylic acids is 1. The number of piperidine rings is 2. The van der Waals surface area contributed by atoms with Crippen LogP contribution in [0.15, 0.2) is 60.9 Å². The zero-order valence-corrected chi connectivity index (χ0v) is 32.2. The van der Waals surface area contributed by atoms with Crippen LogP contribution in [-0.2, 0) is 25.9 Å². The molecule has 2 saturated heterocycles. The Morgan fingerprint density at radius 1 is 0.655 bits per heavy atom. The summed E-state index contributed by atoms with van der Waals surface area (Å²) in [6, 6.07) is 15.7. The number of primary amides is 1. The molecule has 13 nitrogen and oxygen atoms in total. The first kappa shape index (κ1) is 38.4. The summed E-state index contributed by atoms with van der Waals surface area (Å²) in [5, 5.41) is 8.18. The Labute approximate surface area is 325 Å². The van der Waals surface area contributed by atoms with Crippen LogP contribution in [0.5, 0.6) is 11.8 Å². The second-order valence-corrected chi connectivity index (χ2v) is 14.9. The van der Waals surface area contributed by atoms with Gasteiger partial charge in [0.2, 0.25) is 17.7 Å². The van der Waals surface area contributed by atoms with Crippen molar-refractivity contribution in [2.24, 2.45) is 5.73 Å². The summed E-state index contributed by atoms with van der Waals surface area (Å²) in [5.74, 6) is 2.80. The van der Waals surface area contributed by atoms with Gasteiger partial charge in [-0.15, -0.1) is 5.10 Å². The first-order valence-corrected chi connectivity index (χ1v) is 20.3. The molecule has 2 fully saturated rings. The van der Waals surface area contributed by atoms with Gasteiger partial charge in [0.25, 0.3) is 0 Å². The predicted octanol–water partition coefficient (Wildman–Crippen LogP) is 5.08. The van der Waals surface area contributed by atoms with Gasteiger partial charge in [-0.1, -0.05) is 25.0 Å². The molecule has 0 spiro atoms. The van der Waals surface area contributed by atoms with Crippen molar-refractivity contribution in [2.75, 3.05) is 75.4 Å². The van der Waals surface area contributed by atoms with Crippen molar-refractivity contribution < 1.29 is 14.3 Å². The molecule has 0 bridgehead atoms. The van der Waals surface area contributed by atoms with Crippen molar-refractivity contribution in [3.8, 4) is 11.8 Å². The quantitative estimate of drug-likeness (QED) is 0.183. The van der Waals surface area contributed by atoms with Crippen molar-refractivity contribution >= 4 is 17.5 Å². The van der Waals surface area contributed by atoms with Crippen LogP contribution < -0.4 is 25.0 Å². The van der Waals surface area contributed by atoms with E-state index in [1.165, 1.54) is 82.0 Å². The Hall–Kier alpha value is -4.88. The standard InChI is InChI=1S/C22H29N5O2.C20H27N5O/c23-22(28)17-5-7-20(24-15-17)27-13-9-19-18(16-27)6-8-21(25-19)29-14-4-12-26-10-2-1-3-11-26;1-2-11-24(12-3-1)13-5-15-26-20-8-7-17-16-25(14-9-18(17)22-20)19-6-4-10-21-23-19/h5-8,15H,1-4,9-14,16H2,(H2,23,28);4,6-8,10H,1-3,5,9,11-16H2. The Balaban J connectivity index is 0.000000170. The smallest absolute Gasteiger partial charge is 0.250 e. The maximum atomic E-state index is 11.2. The molecule has 4 aromatic rings. The molecular formula is C42H56N10O3. The summed E-state index contributed by atoms with van der Waals surface area (Å²) in [4.78, 5) is 34.5. The number of fused-ring (bicyclic) bond motifs is 2. The van der Waals surface area contributed by atoms with Crippen LogP contribution in [0, 0.1) is 0 Å². The van der Waals surface area contributed by atoms with Crippen molar-refractivity contribution in [1.29, 1.82) is 0 Å². The SMILES string of the molecule is NC(=O)c1ccc(N2CCc3nc(OCCCN4CCCCC4)ccc3C2)nc1.c1cnnc(N2CCc3nc(OCCCN4CCCCC4)ccc3C2)c1. The third kappa shape index (κ3) is 11.1. The van der Waals surface area contributed by atoms with Gasteiger partial charge in [-0.05, 0) is 100 Å². The number of hydrogen-bond donors (Lipinski definition) is 1. The van der Waals surface area contributed by atoms with Gasteiger partial charge in [0.1, 0.15) is 5.82 Å². The molecule has 8 heterocycles. The number of aromatic nitrogens is 5. The largest absolute Gasteiger partial charge is 0.478 e. The molecule has 0 saturated carbocycles. The van der Waals surface area contributed by atoms with E-state index in [1.54, 1.807) is 12.3 Å². The van der Waals surface area contributed by atoms with Crippen LogP contribution in [-0.4, -0.2) is 106 Å². The fourth-order valence-electron chi connectivity index (χ4n) is 7.82. The summed E-state index contributed by atoms with van der Waals surface area (Å²) < 4.78 is 11.8. The summed E-state index contributed by atoms with van der Waals surface area (Å²) >= 11 is 0. The zero-order chi connectivity index (χ0) is 37.7. The predicted molar refractivity (Wildman–Crippen MR) is 214 cm³/mol. The number of carbonyl (C=O) groups is 1. The zero-order valence-electron chi connectivity index (χ0n) is 32.2. The van der Waals surface area contributed by atoms with Crippen molar-refractivity contribution in [1.82, 2.24) is 34.9 Å². The van der Waals surface area contributed by atoms with Crippen LogP contribution >= 0.6 is 0 Å². The number of nitrogens with two attached hydrogens (primary N) is 1. The van der Waals surface area contributed by atoms with Crippen LogP contribution in [0.2, 0.25) is 0 Å². The molecule has 8 rings (SSSR count). The van der Waals surface area contributed by atoms with E-state index in [1.807, 2.05) is 30.3 Å². The number of hydrogen-bond acceptors (Lipinski definition) is 12. The highest BCUT2D eigenvalue weighted by Crippen LogP contribution is 2.25. The number of likely N-dealkylation sites (tertiary alicyclic amines) is 2. The lowest BCUT2D eigenvalue weighted by atomic mass is 10.1. The van der Waals surface area contributed by atoms with Crippen molar-refractivity contribution in [2.45, 2.75) is 77.3 Å². The van der Waals surface area contributed by atoms with Crippen LogP contribution in [0.25, 0.3) is 0 Å². The van der Waals surface area contributed by atoms with E-state index in [0.29, 0.717) is 12.2 Å². The lowest BCUT2D eigenvalue weighted by Gasteiger charge is -2.29. The highest BCUT2D eigenvalue weighted by molar-refractivity contribution is 5.92. The molecule has 2 N–H and O–H groups in total. The second kappa shape index (κ2) is 19.6. The number of anilines is 2. The monoisotopic (exact) mass is 748 g/mol. The first-order chi connectivity index (χ1) is 27.1. The molecule has 0 aliphatic carbocycles. The topological polar surface area (TPSA) is 139 Å². The first-order valence-electron chi connectivity index (χ1n) is 20.3. The number of pyridine rings is 3. The van der Waals surface area contributed by atoms with Gasteiger partial charge >= 0.3 is 0 Å². The lowest BCUT2D eigenvalue weighted by Crippen LogP contribution is -2.32. The van der Waals surface area contributed by atoms with E-state index < -0.39 is 5.91 Å². The summed E-state index contributed by atoms with van der Waals surface area (Å²) in [6.45, 7) is 12.0. The van der Waals surface area contributed by atoms with E-state index >= 15 is 0 Å². The molecule has 4 aliphatic rings. The summed E-state index contributed by atoms with van der Waals surface area (Å²) in [6.07, 6.45) is 15.2. The third-order valence-corrected chi connectivity index (χ3v) is 10.9. The number of ether oxygens (including phenoxy) is 2. The molecule has 4 aliphatic heterocycles. The van der Waals surface area contributed by atoms with Crippen molar-refractivity contribution in [3.05, 3.63) is 89.0 Å². The van der Waals surface area contributed by atoms with Gasteiger partial charge in [0.05, 0.1) is 30.2 Å². The normalized spacial score (nSPS) is 17.4. The average molecular weight is 749 g/mol. The van der Waals surface area contributed by atoms with Gasteiger partial charge in [0.15, 0.2) is 5.82 Å². The van der Waals surface area contributed by atoms with E-state index in [9.17, 15) is 4.79 Å². The minimum atomic E-state index is -0.458. The highest BCUT2D eigenvalue weighted by Gasteiger charge is 2.21. The lowest BCUT2D eigenvalue weighted by molar-refractivity contribution is 0.1000. The van der Waals surface area contributed by atoms with E-state index in [4.69, 9.17) is 25.2 Å². The Morgan fingerprint density at radius 3 is 1.71 bits per heavy atom. The Bertz CT molecular complexity index is 1800. The molecule has 4 aromatic heterocycles. The van der Waals surface area contributed by atoms with Crippen molar-refractivity contribution in [3.63, 3.8) is 0 Å². The van der Waals surface area contributed by atoms with Crippen LogP contribution in [0.4, 0.5) is 11.6 Å². The molecule has 55 heavy (non-hydrogen) atoms. The number of amides is 1. The molecule has 0 unspecified atom stereocenters. The molecule has 13 heteroatoms. The summed E-state index contributed by atoms with van der Waals surface area (Å²) in [7, 11) is 0. The maximum Gasteiger partial charge on any atom is 0.250 e. The minimum Gasteiger partial charge on any atom is -0.478 e. The molecular weight excluding hydrogens is 693 g/mol. The van der Waals surface area contributed by atoms with Gasteiger partial charge in [-0.3, -0.25) is 4.79 Å². The fourth-order valence-corrected chi connectivity index (χ4v) is 7.82. The number of nitrogens with zero attached hydrogens (tertiary/aromatic N) is 9. The third-order valence-electron chi connectivity index (χ3n) is 10.9. The molecule has 0 aromatic carbocycles. The highest BCUT2D eigenvalue weighted by atomic mass is 16.5. The van der Waals surface area contributed by atoms with E-state index in [0.717, 1.165) is 106 Å². The summed E-state index contributed by atoms with van der Waals surface area (Å²) in [5.41, 5.74) is 10.4. The molecule has 292 valence electrons. The van der Waals surface area contributed by atoms with Gasteiger partial charge < -0.3 is 34.8 Å². The maximum absolute atomic E-state index is 11.2. The molecule has 0 atom stereocenters. The van der Waals surface area contributed by atoms with Crippen LogP contribution in [0.3, 0.4) is 0 Å². The Kier molecular flexibility index (Phi) is 13.7. The van der Waals surface area contributed by atoms with Crippen LogP contribution in [0.1, 0.15) is 84.2 Å². The van der Waals surface area contributed by atoms with E-state index in [2.05, 4.69) is 46.9 Å². The second-order valence-electron chi connectivity index (χ2n) is 14.9. The van der Waals surface area contributed by atoms with E-state index in [-0.39, 0.29) is 0 Å². The molecule has 0 radical (unpaired) electrons. The number of rotatable bonds is 13. The fraction of sp³-hybridized carbons (Fsp3) is 0.524. The van der Waals surface area contributed by atoms with Gasteiger partial charge in [-0.25, -0.2) is 15.0 Å². The Morgan fingerprint density at radius 2 is 1.22 bits per heavy atom. The molecule has 1 amide bonds.